The first-order valence-electron chi connectivity index (χ1n) is 7.01. The molecule has 6 nitrogen and oxygen atoms in total. The fraction of sp³-hybridized carbons (Fsp3) is 0.500. The van der Waals surface area contributed by atoms with Crippen molar-refractivity contribution in [3.8, 4) is 0 Å². The van der Waals surface area contributed by atoms with Crippen LogP contribution in [0.15, 0.2) is 29.2 Å². The number of anilines is 1. The van der Waals surface area contributed by atoms with Crippen molar-refractivity contribution in [3.63, 3.8) is 0 Å². The number of piperidine rings is 1. The summed E-state index contributed by atoms with van der Waals surface area (Å²) < 4.78 is 26.2. The zero-order valence-electron chi connectivity index (χ0n) is 11.9. The molecule has 0 amide bonds. The molecule has 0 aromatic heterocycles. The van der Waals surface area contributed by atoms with E-state index >= 15 is 0 Å². The minimum absolute atomic E-state index is 0.222. The molecule has 1 saturated heterocycles. The summed E-state index contributed by atoms with van der Waals surface area (Å²) in [5.74, 6) is -1.13. The summed E-state index contributed by atoms with van der Waals surface area (Å²) in [7, 11) is -3.44. The topological polar surface area (TPSA) is 86.7 Å². The number of carbonyl (C=O) groups is 1. The largest absolute Gasteiger partial charge is 0.481 e. The van der Waals surface area contributed by atoms with Gasteiger partial charge in [0.1, 0.15) is 0 Å². The van der Waals surface area contributed by atoms with Gasteiger partial charge in [-0.25, -0.2) is 13.1 Å². The second kappa shape index (κ2) is 6.44. The number of sulfonamides is 1. The number of carboxylic acids is 1. The standard InChI is InChI=1S/C14H20N2O4S/c1-2-15-21(19,20)13-7-5-12(6-8-13)16-9-3-4-11(10-16)14(17)18/h5-8,11,15H,2-4,9-10H2,1H3,(H,17,18). The minimum atomic E-state index is -3.44. The third-order valence-corrected chi connectivity index (χ3v) is 5.18. The summed E-state index contributed by atoms with van der Waals surface area (Å²) in [5.41, 5.74) is 0.858. The van der Waals surface area contributed by atoms with Crippen LogP contribution in [0.2, 0.25) is 0 Å². The molecule has 1 aromatic carbocycles. The van der Waals surface area contributed by atoms with Crippen molar-refractivity contribution in [3.05, 3.63) is 24.3 Å². The van der Waals surface area contributed by atoms with E-state index in [-0.39, 0.29) is 10.8 Å². The molecule has 21 heavy (non-hydrogen) atoms. The first kappa shape index (κ1) is 15.8. The second-order valence-corrected chi connectivity index (χ2v) is 6.89. The Morgan fingerprint density at radius 3 is 2.62 bits per heavy atom. The van der Waals surface area contributed by atoms with Crippen LogP contribution in [0.3, 0.4) is 0 Å². The van der Waals surface area contributed by atoms with Gasteiger partial charge in [-0.05, 0) is 37.1 Å². The highest BCUT2D eigenvalue weighted by Crippen LogP contribution is 2.24. The lowest BCUT2D eigenvalue weighted by Gasteiger charge is -2.32. The van der Waals surface area contributed by atoms with Crippen LogP contribution in [0.1, 0.15) is 19.8 Å². The predicted molar refractivity (Wildman–Crippen MR) is 79.9 cm³/mol. The first-order valence-corrected chi connectivity index (χ1v) is 8.50. The van der Waals surface area contributed by atoms with Crippen LogP contribution in [0.25, 0.3) is 0 Å². The van der Waals surface area contributed by atoms with Gasteiger partial charge in [0.25, 0.3) is 0 Å². The van der Waals surface area contributed by atoms with E-state index in [4.69, 9.17) is 5.11 Å². The number of hydrogen-bond donors (Lipinski definition) is 2. The van der Waals surface area contributed by atoms with Crippen LogP contribution in [0.5, 0.6) is 0 Å². The van der Waals surface area contributed by atoms with Gasteiger partial charge >= 0.3 is 5.97 Å². The molecule has 2 rings (SSSR count). The molecule has 1 fully saturated rings. The molecule has 1 aromatic rings. The Bertz CT molecular complexity index is 598. The van der Waals surface area contributed by atoms with Gasteiger partial charge in [0.05, 0.1) is 10.8 Å². The maximum absolute atomic E-state index is 11.9. The van der Waals surface area contributed by atoms with Crippen molar-refractivity contribution in [1.82, 2.24) is 4.72 Å². The van der Waals surface area contributed by atoms with Crippen LogP contribution < -0.4 is 9.62 Å². The van der Waals surface area contributed by atoms with E-state index in [0.29, 0.717) is 19.5 Å². The first-order chi connectivity index (χ1) is 9.94. The molecule has 0 saturated carbocycles. The average molecular weight is 312 g/mol. The highest BCUT2D eigenvalue weighted by Gasteiger charge is 2.25. The summed E-state index contributed by atoms with van der Waals surface area (Å²) in [5, 5.41) is 9.10. The molecule has 0 radical (unpaired) electrons. The van der Waals surface area contributed by atoms with E-state index < -0.39 is 16.0 Å². The maximum atomic E-state index is 11.9. The summed E-state index contributed by atoms with van der Waals surface area (Å²) in [6.07, 6.45) is 1.52. The minimum Gasteiger partial charge on any atom is -0.481 e. The summed E-state index contributed by atoms with van der Waals surface area (Å²) in [6, 6.07) is 6.57. The van der Waals surface area contributed by atoms with Crippen molar-refractivity contribution < 1.29 is 18.3 Å². The van der Waals surface area contributed by atoms with E-state index in [1.807, 2.05) is 4.90 Å². The Labute approximate surface area is 124 Å². The predicted octanol–water partition coefficient (Wildman–Crippen LogP) is 1.29. The van der Waals surface area contributed by atoms with Gasteiger partial charge in [-0.3, -0.25) is 4.79 Å². The fourth-order valence-electron chi connectivity index (χ4n) is 2.52. The number of rotatable bonds is 5. The maximum Gasteiger partial charge on any atom is 0.308 e. The Balaban J connectivity index is 2.14. The van der Waals surface area contributed by atoms with Gasteiger partial charge in [0, 0.05) is 25.3 Å². The number of benzene rings is 1. The van der Waals surface area contributed by atoms with Crippen molar-refractivity contribution in [2.45, 2.75) is 24.7 Å². The number of aliphatic carboxylic acids is 1. The molecule has 2 N–H and O–H groups in total. The average Bonchev–Trinajstić information content (AvgIpc) is 2.47. The monoisotopic (exact) mass is 312 g/mol. The number of nitrogens with zero attached hydrogens (tertiary/aromatic N) is 1. The van der Waals surface area contributed by atoms with E-state index in [1.54, 1.807) is 31.2 Å². The van der Waals surface area contributed by atoms with Crippen molar-refractivity contribution in [2.75, 3.05) is 24.5 Å². The third-order valence-electron chi connectivity index (χ3n) is 3.62. The number of nitrogens with one attached hydrogen (secondary N) is 1. The molecule has 0 spiro atoms. The van der Waals surface area contributed by atoms with Crippen molar-refractivity contribution in [1.29, 1.82) is 0 Å². The summed E-state index contributed by atoms with van der Waals surface area (Å²) >= 11 is 0. The molecule has 1 heterocycles. The van der Waals surface area contributed by atoms with Gasteiger partial charge in [0.15, 0.2) is 0 Å². The van der Waals surface area contributed by atoms with Gasteiger partial charge in [0.2, 0.25) is 10.0 Å². The van der Waals surface area contributed by atoms with Crippen LogP contribution in [0.4, 0.5) is 5.69 Å². The summed E-state index contributed by atoms with van der Waals surface area (Å²) in [6.45, 7) is 3.33. The highest BCUT2D eigenvalue weighted by atomic mass is 32.2. The van der Waals surface area contributed by atoms with E-state index in [2.05, 4.69) is 4.72 Å². The lowest BCUT2D eigenvalue weighted by atomic mass is 9.98. The second-order valence-electron chi connectivity index (χ2n) is 5.12. The Kier molecular flexibility index (Phi) is 4.84. The van der Waals surface area contributed by atoms with Gasteiger partial charge < -0.3 is 10.0 Å². The van der Waals surface area contributed by atoms with Crippen LogP contribution in [-0.4, -0.2) is 39.1 Å². The highest BCUT2D eigenvalue weighted by molar-refractivity contribution is 7.89. The summed E-state index contributed by atoms with van der Waals surface area (Å²) in [4.78, 5) is 13.3. The molecular formula is C14H20N2O4S. The molecule has 1 unspecified atom stereocenters. The molecule has 1 aliphatic rings. The van der Waals surface area contributed by atoms with Crippen LogP contribution in [-0.2, 0) is 14.8 Å². The molecule has 1 atom stereocenters. The third kappa shape index (κ3) is 3.74. The Morgan fingerprint density at radius 2 is 2.05 bits per heavy atom. The molecule has 116 valence electrons. The zero-order chi connectivity index (χ0) is 15.5. The fourth-order valence-corrected chi connectivity index (χ4v) is 3.56. The molecule has 0 aliphatic carbocycles. The van der Waals surface area contributed by atoms with Gasteiger partial charge in [-0.1, -0.05) is 6.92 Å². The van der Waals surface area contributed by atoms with Crippen molar-refractivity contribution >= 4 is 21.7 Å². The van der Waals surface area contributed by atoms with Gasteiger partial charge in [-0.15, -0.1) is 0 Å². The van der Waals surface area contributed by atoms with E-state index in [0.717, 1.165) is 18.7 Å². The molecule has 1 aliphatic heterocycles. The van der Waals surface area contributed by atoms with Crippen LogP contribution in [0, 0.1) is 5.92 Å². The Morgan fingerprint density at radius 1 is 1.38 bits per heavy atom. The van der Waals surface area contributed by atoms with Gasteiger partial charge in [-0.2, -0.15) is 0 Å². The normalized spacial score (nSPS) is 19.5. The van der Waals surface area contributed by atoms with E-state index in [1.165, 1.54) is 0 Å². The lowest BCUT2D eigenvalue weighted by Crippen LogP contribution is -2.38. The number of carboxylic acid groups (broad SMARTS) is 1. The lowest BCUT2D eigenvalue weighted by molar-refractivity contribution is -0.141. The quantitative estimate of drug-likeness (QED) is 0.855. The molecular weight excluding hydrogens is 292 g/mol. The van der Waals surface area contributed by atoms with E-state index in [9.17, 15) is 13.2 Å². The molecule has 7 heteroatoms. The smallest absolute Gasteiger partial charge is 0.308 e. The Hall–Kier alpha value is -1.60. The SMILES string of the molecule is CCNS(=O)(=O)c1ccc(N2CCCC(C(=O)O)C2)cc1. The molecule has 0 bridgehead atoms. The zero-order valence-corrected chi connectivity index (χ0v) is 12.8. The van der Waals surface area contributed by atoms with Crippen molar-refractivity contribution in [2.24, 2.45) is 5.92 Å². The number of hydrogen-bond acceptors (Lipinski definition) is 4. The van der Waals surface area contributed by atoms with Crippen LogP contribution >= 0.6 is 0 Å².